The number of cyclic esters (lactones) is 1. The standard InChI is InChI=1S/C30H52N4O7S/c1-10-11-21(36)13-12-18(3)23-29(6,7)27(39)34(9)22(17(2)14-15-35)25(38)31-19(4)24(37)32-20(5)26-33-30(8,16-42-26)28(40)41-23/h17-23,35-36H,10-16H2,1-9H3,(H,31,38)(H,32,37)/t17-,18+,19-,20-,21-,22-,23-,30-/m0/s1. The van der Waals surface area contributed by atoms with Crippen molar-refractivity contribution >= 4 is 40.5 Å². The van der Waals surface area contributed by atoms with Crippen molar-refractivity contribution in [2.45, 2.75) is 123 Å². The molecule has 0 unspecified atom stereocenters. The first-order valence-corrected chi connectivity index (χ1v) is 16.1. The van der Waals surface area contributed by atoms with Crippen LogP contribution in [-0.2, 0) is 23.9 Å². The highest BCUT2D eigenvalue weighted by atomic mass is 32.2. The van der Waals surface area contributed by atoms with Crippen molar-refractivity contribution in [3.05, 3.63) is 0 Å². The summed E-state index contributed by atoms with van der Waals surface area (Å²) in [6.07, 6.45) is 1.39. The molecule has 2 rings (SSSR count). The van der Waals surface area contributed by atoms with Gasteiger partial charge >= 0.3 is 5.97 Å². The van der Waals surface area contributed by atoms with Gasteiger partial charge < -0.3 is 30.5 Å². The fraction of sp³-hybridized carbons (Fsp3) is 0.833. The number of thioether (sulfide) groups is 1. The van der Waals surface area contributed by atoms with E-state index < -0.39 is 70.9 Å². The summed E-state index contributed by atoms with van der Waals surface area (Å²) in [4.78, 5) is 60.6. The number of likely N-dealkylation sites (N-methyl/N-ethyl adjacent to an activating group) is 1. The number of aliphatic hydroxyl groups is 2. The van der Waals surface area contributed by atoms with Gasteiger partial charge in [-0.3, -0.25) is 19.4 Å². The van der Waals surface area contributed by atoms with E-state index in [1.807, 2.05) is 13.8 Å². The summed E-state index contributed by atoms with van der Waals surface area (Å²) in [7, 11) is 1.53. The highest BCUT2D eigenvalue weighted by Crippen LogP contribution is 2.38. The van der Waals surface area contributed by atoms with E-state index in [1.54, 1.807) is 41.5 Å². The summed E-state index contributed by atoms with van der Waals surface area (Å²) in [5.41, 5.74) is -2.47. The summed E-state index contributed by atoms with van der Waals surface area (Å²) in [5.74, 6) is -2.34. The monoisotopic (exact) mass is 612 g/mol. The van der Waals surface area contributed by atoms with Gasteiger partial charge in [-0.05, 0) is 72.1 Å². The Balaban J connectivity index is 2.61. The van der Waals surface area contributed by atoms with E-state index in [-0.39, 0.29) is 18.9 Å². The van der Waals surface area contributed by atoms with Crippen LogP contribution in [0.5, 0.6) is 0 Å². The summed E-state index contributed by atoms with van der Waals surface area (Å²) in [5, 5.41) is 26.2. The number of fused-ring (bicyclic) bond motifs is 1. The minimum absolute atomic E-state index is 0.181. The van der Waals surface area contributed by atoms with Gasteiger partial charge in [-0.1, -0.05) is 27.2 Å². The van der Waals surface area contributed by atoms with E-state index in [0.717, 1.165) is 6.42 Å². The number of rotatable bonds is 9. The summed E-state index contributed by atoms with van der Waals surface area (Å²) in [6.45, 7) is 13.9. The molecule has 3 amide bonds. The fourth-order valence-corrected chi connectivity index (χ4v) is 6.98. The Morgan fingerprint density at radius 3 is 2.21 bits per heavy atom. The lowest BCUT2D eigenvalue weighted by Crippen LogP contribution is -2.60. The van der Waals surface area contributed by atoms with Crippen molar-refractivity contribution in [1.82, 2.24) is 15.5 Å². The third-order valence-corrected chi connectivity index (χ3v) is 9.95. The maximum atomic E-state index is 14.2. The molecule has 2 bridgehead atoms. The van der Waals surface area contributed by atoms with E-state index in [0.29, 0.717) is 30.1 Å². The molecular weight excluding hydrogens is 560 g/mol. The van der Waals surface area contributed by atoms with Crippen LogP contribution in [-0.4, -0.2) is 99.1 Å². The number of aliphatic imine (C=N–C) groups is 1. The first-order chi connectivity index (χ1) is 19.5. The third kappa shape index (κ3) is 8.47. The maximum Gasteiger partial charge on any atom is 0.334 e. The number of hydrogen-bond donors (Lipinski definition) is 4. The molecule has 0 aliphatic carbocycles. The number of aliphatic hydroxyl groups excluding tert-OH is 2. The summed E-state index contributed by atoms with van der Waals surface area (Å²) in [6, 6.07) is -2.39. The molecule has 12 heteroatoms. The van der Waals surface area contributed by atoms with E-state index in [9.17, 15) is 29.4 Å². The SMILES string of the molecule is CCC[C@H](O)CC[C@@H](C)[C@@H]1OC(=O)[C@]2(C)CSC(=N2)[C@H](C)NC(=O)[C@H](C)NC(=O)[C@H]([C@@H](C)CCO)N(C)C(=O)C1(C)C. The zero-order chi connectivity index (χ0) is 32.0. The van der Waals surface area contributed by atoms with Crippen LogP contribution in [0.25, 0.3) is 0 Å². The first-order valence-electron chi connectivity index (χ1n) is 15.1. The number of esters is 1. The van der Waals surface area contributed by atoms with Gasteiger partial charge in [0.1, 0.15) is 18.2 Å². The lowest BCUT2D eigenvalue weighted by atomic mass is 9.76. The van der Waals surface area contributed by atoms with E-state index >= 15 is 0 Å². The lowest BCUT2D eigenvalue weighted by Gasteiger charge is -2.42. The second-order valence-corrected chi connectivity index (χ2v) is 13.9. The molecule has 0 saturated carbocycles. The second-order valence-electron chi connectivity index (χ2n) is 12.9. The summed E-state index contributed by atoms with van der Waals surface area (Å²) >= 11 is 1.36. The van der Waals surface area contributed by atoms with Crippen LogP contribution < -0.4 is 10.6 Å². The molecule has 0 aromatic rings. The number of carbonyl (C=O) groups excluding carboxylic acids is 4. The Morgan fingerprint density at radius 2 is 1.62 bits per heavy atom. The average molecular weight is 613 g/mol. The number of nitrogens with zero attached hydrogens (tertiary/aromatic N) is 2. The van der Waals surface area contributed by atoms with Crippen LogP contribution >= 0.6 is 11.8 Å². The molecule has 240 valence electrons. The lowest BCUT2D eigenvalue weighted by molar-refractivity contribution is -0.173. The number of amides is 3. The Labute approximate surface area is 255 Å². The van der Waals surface area contributed by atoms with Crippen LogP contribution in [0.3, 0.4) is 0 Å². The molecule has 11 nitrogen and oxygen atoms in total. The molecule has 0 fully saturated rings. The largest absolute Gasteiger partial charge is 0.459 e. The summed E-state index contributed by atoms with van der Waals surface area (Å²) < 4.78 is 6.20. The van der Waals surface area contributed by atoms with Gasteiger partial charge in [0.15, 0.2) is 5.54 Å². The van der Waals surface area contributed by atoms with E-state index in [1.165, 1.54) is 23.7 Å². The van der Waals surface area contributed by atoms with Crippen molar-refractivity contribution < 1.29 is 34.1 Å². The molecule has 0 aromatic heterocycles. The van der Waals surface area contributed by atoms with Gasteiger partial charge in [-0.25, -0.2) is 4.79 Å². The number of ether oxygens (including phenoxy) is 1. The van der Waals surface area contributed by atoms with Crippen LogP contribution in [0.1, 0.15) is 87.5 Å². The molecule has 0 radical (unpaired) electrons. The highest BCUT2D eigenvalue weighted by Gasteiger charge is 2.50. The molecule has 2 heterocycles. The predicted molar refractivity (Wildman–Crippen MR) is 164 cm³/mol. The van der Waals surface area contributed by atoms with Crippen molar-refractivity contribution in [2.75, 3.05) is 19.4 Å². The number of carbonyl (C=O) groups is 4. The van der Waals surface area contributed by atoms with E-state index in [2.05, 4.69) is 15.6 Å². The Kier molecular flexibility index (Phi) is 12.9. The van der Waals surface area contributed by atoms with Crippen LogP contribution in [0.4, 0.5) is 0 Å². The van der Waals surface area contributed by atoms with Crippen LogP contribution in [0.2, 0.25) is 0 Å². The first kappa shape index (κ1) is 36.0. The number of nitrogens with one attached hydrogen (secondary N) is 2. The van der Waals surface area contributed by atoms with Gasteiger partial charge in [0, 0.05) is 19.4 Å². The average Bonchev–Trinajstić information content (AvgIpc) is 3.32. The van der Waals surface area contributed by atoms with Gasteiger partial charge in [-0.2, -0.15) is 0 Å². The quantitative estimate of drug-likeness (QED) is 0.289. The second kappa shape index (κ2) is 15.0. The van der Waals surface area contributed by atoms with Crippen molar-refractivity contribution in [1.29, 1.82) is 0 Å². The highest BCUT2D eigenvalue weighted by molar-refractivity contribution is 8.14. The molecule has 2 aliphatic rings. The fourth-order valence-electron chi connectivity index (χ4n) is 5.79. The van der Waals surface area contributed by atoms with E-state index in [4.69, 9.17) is 4.74 Å². The smallest absolute Gasteiger partial charge is 0.334 e. The van der Waals surface area contributed by atoms with Crippen molar-refractivity contribution in [2.24, 2.45) is 22.2 Å². The molecule has 8 atom stereocenters. The Hall–Kier alpha value is -2.18. The third-order valence-electron chi connectivity index (χ3n) is 8.50. The van der Waals surface area contributed by atoms with Crippen molar-refractivity contribution in [3.63, 3.8) is 0 Å². The molecule has 0 spiro atoms. The van der Waals surface area contributed by atoms with Gasteiger partial charge in [0.2, 0.25) is 17.7 Å². The van der Waals surface area contributed by atoms with Gasteiger partial charge in [-0.15, -0.1) is 11.8 Å². The Bertz CT molecular complexity index is 1020. The number of hydrogen-bond acceptors (Lipinski definition) is 9. The maximum absolute atomic E-state index is 14.2. The molecule has 0 saturated heterocycles. The zero-order valence-electron chi connectivity index (χ0n) is 26.7. The predicted octanol–water partition coefficient (Wildman–Crippen LogP) is 2.27. The van der Waals surface area contributed by atoms with Crippen LogP contribution in [0, 0.1) is 17.3 Å². The van der Waals surface area contributed by atoms with Crippen molar-refractivity contribution in [3.8, 4) is 0 Å². The zero-order valence-corrected chi connectivity index (χ0v) is 27.5. The van der Waals surface area contributed by atoms with Crippen LogP contribution in [0.15, 0.2) is 4.99 Å². The molecule has 2 aliphatic heterocycles. The Morgan fingerprint density at radius 1 is 1.00 bits per heavy atom. The molecular formula is C30H52N4O7S. The molecule has 42 heavy (non-hydrogen) atoms. The minimum atomic E-state index is -1.26. The van der Waals surface area contributed by atoms with Gasteiger partial charge in [0.05, 0.1) is 22.6 Å². The minimum Gasteiger partial charge on any atom is -0.459 e. The molecule has 4 N–H and O–H groups in total. The normalized spacial score (nSPS) is 31.5. The topological polar surface area (TPSA) is 158 Å². The molecule has 0 aromatic carbocycles. The van der Waals surface area contributed by atoms with Gasteiger partial charge in [0.25, 0.3) is 0 Å².